The van der Waals surface area contributed by atoms with Gasteiger partial charge in [0, 0.05) is 6.20 Å². The number of carbonyl (C=O) groups is 2. The van der Waals surface area contributed by atoms with Gasteiger partial charge in [-0.3, -0.25) is 10.1 Å². The number of imide groups is 1. The molecule has 0 aliphatic heterocycles. The van der Waals surface area contributed by atoms with Gasteiger partial charge in [-0.05, 0) is 30.9 Å². The van der Waals surface area contributed by atoms with E-state index >= 15 is 0 Å². The number of pyridine rings is 1. The van der Waals surface area contributed by atoms with Crippen LogP contribution in [0.1, 0.15) is 32.1 Å². The lowest BCUT2D eigenvalue weighted by Gasteiger charge is -2.21. The molecular weight excluding hydrogens is 286 g/mol. The summed E-state index contributed by atoms with van der Waals surface area (Å²) in [5.41, 5.74) is 5.11. The number of amides is 2. The van der Waals surface area contributed by atoms with E-state index in [4.69, 9.17) is 15.2 Å². The molecule has 7 heteroatoms. The molecule has 0 bridgehead atoms. The summed E-state index contributed by atoms with van der Waals surface area (Å²) in [7, 11) is 0. The minimum absolute atomic E-state index is 0.0423. The van der Waals surface area contributed by atoms with Crippen molar-refractivity contribution in [2.75, 3.05) is 13.2 Å². The van der Waals surface area contributed by atoms with Gasteiger partial charge >= 0.3 is 6.09 Å². The van der Waals surface area contributed by atoms with Crippen molar-refractivity contribution < 1.29 is 19.1 Å². The second-order valence-corrected chi connectivity index (χ2v) is 5.26. The van der Waals surface area contributed by atoms with Crippen molar-refractivity contribution in [1.82, 2.24) is 10.3 Å². The van der Waals surface area contributed by atoms with E-state index in [9.17, 15) is 9.59 Å². The van der Waals surface area contributed by atoms with Crippen LogP contribution in [-0.2, 0) is 4.79 Å². The molecule has 22 heavy (non-hydrogen) atoms. The Bertz CT molecular complexity index is 515. The van der Waals surface area contributed by atoms with Gasteiger partial charge in [0.05, 0.1) is 13.2 Å². The van der Waals surface area contributed by atoms with Crippen LogP contribution in [0.5, 0.6) is 11.6 Å². The van der Waals surface area contributed by atoms with E-state index in [0.717, 1.165) is 12.8 Å². The molecule has 1 fully saturated rings. The third-order valence-corrected chi connectivity index (χ3v) is 3.55. The summed E-state index contributed by atoms with van der Waals surface area (Å²) in [6.07, 6.45) is 6.62. The van der Waals surface area contributed by atoms with Crippen molar-refractivity contribution in [3.63, 3.8) is 0 Å². The standard InChI is InChI=1S/C15H21N3O4/c16-9-13(19)18-15(20)22-14-12(7-4-8-17-14)21-10-11-5-2-1-3-6-11/h4,7-8,11H,1-3,5-6,9-10,16H2,(H,18,19,20). The third kappa shape index (κ3) is 5.00. The van der Waals surface area contributed by atoms with Crippen molar-refractivity contribution in [3.05, 3.63) is 18.3 Å². The molecule has 0 saturated heterocycles. The molecule has 1 aliphatic carbocycles. The number of hydrogen-bond donors (Lipinski definition) is 2. The minimum atomic E-state index is -0.920. The van der Waals surface area contributed by atoms with Crippen molar-refractivity contribution in [1.29, 1.82) is 0 Å². The van der Waals surface area contributed by atoms with E-state index in [-0.39, 0.29) is 12.4 Å². The predicted molar refractivity (Wildman–Crippen MR) is 79.5 cm³/mol. The van der Waals surface area contributed by atoms with Crippen LogP contribution in [0.2, 0.25) is 0 Å². The number of aromatic nitrogens is 1. The van der Waals surface area contributed by atoms with Crippen molar-refractivity contribution in [2.24, 2.45) is 11.7 Å². The van der Waals surface area contributed by atoms with Crippen molar-refractivity contribution in [2.45, 2.75) is 32.1 Å². The number of rotatable bonds is 5. The molecule has 0 unspecified atom stereocenters. The monoisotopic (exact) mass is 307 g/mol. The first-order valence-corrected chi connectivity index (χ1v) is 7.48. The Morgan fingerprint density at radius 3 is 2.82 bits per heavy atom. The summed E-state index contributed by atoms with van der Waals surface area (Å²) in [4.78, 5) is 26.5. The maximum absolute atomic E-state index is 11.5. The Morgan fingerprint density at radius 1 is 1.32 bits per heavy atom. The second-order valence-electron chi connectivity index (χ2n) is 5.26. The number of ether oxygens (including phenoxy) is 2. The van der Waals surface area contributed by atoms with Crippen LogP contribution >= 0.6 is 0 Å². The largest absolute Gasteiger partial charge is 0.488 e. The molecule has 1 aromatic heterocycles. The molecule has 1 aromatic rings. The van der Waals surface area contributed by atoms with Crippen LogP contribution in [0.4, 0.5) is 4.79 Å². The van der Waals surface area contributed by atoms with Crippen LogP contribution in [0.3, 0.4) is 0 Å². The lowest BCUT2D eigenvalue weighted by Crippen LogP contribution is -2.37. The topological polar surface area (TPSA) is 104 Å². The minimum Gasteiger partial charge on any atom is -0.488 e. The van der Waals surface area contributed by atoms with Gasteiger partial charge in [-0.15, -0.1) is 0 Å². The normalized spacial score (nSPS) is 15.1. The Morgan fingerprint density at radius 2 is 2.09 bits per heavy atom. The maximum Gasteiger partial charge on any atom is 0.420 e. The average Bonchev–Trinajstić information content (AvgIpc) is 2.54. The molecular formula is C15H21N3O4. The molecule has 2 amide bonds. The predicted octanol–water partition coefficient (Wildman–Crippen LogP) is 1.61. The zero-order chi connectivity index (χ0) is 15.8. The molecule has 1 aliphatic rings. The molecule has 1 saturated carbocycles. The Labute approximate surface area is 129 Å². The van der Waals surface area contributed by atoms with E-state index in [1.54, 1.807) is 12.1 Å². The average molecular weight is 307 g/mol. The second kappa shape index (κ2) is 8.33. The molecule has 0 radical (unpaired) electrons. The Hall–Kier alpha value is -2.15. The van der Waals surface area contributed by atoms with Gasteiger partial charge < -0.3 is 15.2 Å². The number of nitrogens with two attached hydrogens (primary N) is 1. The number of hydrogen-bond acceptors (Lipinski definition) is 6. The highest BCUT2D eigenvalue weighted by molar-refractivity contribution is 5.93. The third-order valence-electron chi connectivity index (χ3n) is 3.55. The zero-order valence-corrected chi connectivity index (χ0v) is 12.4. The molecule has 1 heterocycles. The smallest absolute Gasteiger partial charge is 0.420 e. The number of carbonyl (C=O) groups excluding carboxylic acids is 2. The number of nitrogens with one attached hydrogen (secondary N) is 1. The first kappa shape index (κ1) is 16.2. The maximum atomic E-state index is 11.5. The first-order valence-electron chi connectivity index (χ1n) is 7.48. The van der Waals surface area contributed by atoms with E-state index < -0.39 is 12.0 Å². The van der Waals surface area contributed by atoms with Crippen LogP contribution in [0.25, 0.3) is 0 Å². The quantitative estimate of drug-likeness (QED) is 0.856. The Balaban J connectivity index is 1.91. The molecule has 0 aromatic carbocycles. The fraction of sp³-hybridized carbons (Fsp3) is 0.533. The van der Waals surface area contributed by atoms with Gasteiger partial charge in [-0.25, -0.2) is 9.78 Å². The fourth-order valence-corrected chi connectivity index (χ4v) is 2.40. The van der Waals surface area contributed by atoms with Crippen LogP contribution in [-0.4, -0.2) is 30.1 Å². The first-order chi connectivity index (χ1) is 10.7. The van der Waals surface area contributed by atoms with E-state index in [1.807, 2.05) is 5.32 Å². The van der Waals surface area contributed by atoms with Gasteiger partial charge in [-0.2, -0.15) is 0 Å². The Kier molecular flexibility index (Phi) is 6.14. The number of nitrogens with zero attached hydrogens (tertiary/aromatic N) is 1. The van der Waals surface area contributed by atoms with Crippen LogP contribution in [0.15, 0.2) is 18.3 Å². The molecule has 7 nitrogen and oxygen atoms in total. The molecule has 0 atom stereocenters. The van der Waals surface area contributed by atoms with Crippen LogP contribution < -0.4 is 20.5 Å². The lowest BCUT2D eigenvalue weighted by atomic mass is 9.90. The van der Waals surface area contributed by atoms with Crippen molar-refractivity contribution in [3.8, 4) is 11.6 Å². The van der Waals surface area contributed by atoms with E-state index in [0.29, 0.717) is 18.3 Å². The summed E-state index contributed by atoms with van der Waals surface area (Å²) < 4.78 is 10.7. The summed E-state index contributed by atoms with van der Waals surface area (Å²) in [5, 5.41) is 1.99. The van der Waals surface area contributed by atoms with Gasteiger partial charge in [0.2, 0.25) is 5.91 Å². The van der Waals surface area contributed by atoms with Crippen molar-refractivity contribution >= 4 is 12.0 Å². The zero-order valence-electron chi connectivity index (χ0n) is 12.4. The lowest BCUT2D eigenvalue weighted by molar-refractivity contribution is -0.118. The molecule has 2 rings (SSSR count). The highest BCUT2D eigenvalue weighted by atomic mass is 16.6. The van der Waals surface area contributed by atoms with E-state index in [1.165, 1.54) is 25.5 Å². The summed E-state index contributed by atoms with van der Waals surface area (Å²) in [6, 6.07) is 3.38. The SMILES string of the molecule is NCC(=O)NC(=O)Oc1ncccc1OCC1CCCCC1. The summed E-state index contributed by atoms with van der Waals surface area (Å²) >= 11 is 0. The molecule has 3 N–H and O–H groups in total. The van der Waals surface area contributed by atoms with Gasteiger partial charge in [0.15, 0.2) is 5.75 Å². The highest BCUT2D eigenvalue weighted by Crippen LogP contribution is 2.28. The van der Waals surface area contributed by atoms with Gasteiger partial charge in [-0.1, -0.05) is 19.3 Å². The van der Waals surface area contributed by atoms with E-state index in [2.05, 4.69) is 4.98 Å². The summed E-state index contributed by atoms with van der Waals surface area (Å²) in [5.74, 6) is 0.337. The fourth-order valence-electron chi connectivity index (χ4n) is 2.40. The molecule has 120 valence electrons. The van der Waals surface area contributed by atoms with Gasteiger partial charge in [0.1, 0.15) is 0 Å². The highest BCUT2D eigenvalue weighted by Gasteiger charge is 2.17. The molecule has 0 spiro atoms. The van der Waals surface area contributed by atoms with Crippen LogP contribution in [0, 0.1) is 5.92 Å². The summed E-state index contributed by atoms with van der Waals surface area (Å²) in [6.45, 7) is 0.285. The van der Waals surface area contributed by atoms with Gasteiger partial charge in [0.25, 0.3) is 5.88 Å².